The van der Waals surface area contributed by atoms with Crippen LogP contribution in [0.1, 0.15) is 41.3 Å². The van der Waals surface area contributed by atoms with Gasteiger partial charge in [-0.2, -0.15) is 5.10 Å². The van der Waals surface area contributed by atoms with E-state index in [1.165, 1.54) is 11.1 Å². The van der Waals surface area contributed by atoms with Crippen molar-refractivity contribution in [1.29, 1.82) is 0 Å². The molecule has 1 heterocycles. The van der Waals surface area contributed by atoms with Gasteiger partial charge in [0.05, 0.1) is 17.4 Å². The monoisotopic (exact) mass is 359 g/mol. The van der Waals surface area contributed by atoms with Crippen LogP contribution in [0, 0.1) is 0 Å². The molecule has 0 fully saturated rings. The highest BCUT2D eigenvalue weighted by atomic mass is 16.2. The summed E-state index contributed by atoms with van der Waals surface area (Å²) in [7, 11) is 0. The fraction of sp³-hybridized carbons (Fsp3) is 0.304. The molecule has 0 saturated heterocycles. The molecule has 4 rings (SSSR count). The van der Waals surface area contributed by atoms with Gasteiger partial charge < -0.3 is 4.90 Å². The predicted octanol–water partition coefficient (Wildman–Crippen LogP) is 4.28. The predicted molar refractivity (Wildman–Crippen MR) is 107 cm³/mol. The van der Waals surface area contributed by atoms with Crippen LogP contribution >= 0.6 is 0 Å². The standard InChI is InChI=1S/C23H25N3O/c1-2-14-25(22-13-12-18-8-6-7-9-19(18)15-22)23(27)20-16-24-26(17-20)21-10-4-3-5-11-21/h3-11,16-17,22H,2,12-15H2,1H3. The van der Waals surface area contributed by atoms with Crippen molar-refractivity contribution in [3.05, 3.63) is 83.7 Å². The van der Waals surface area contributed by atoms with Gasteiger partial charge in [-0.1, -0.05) is 49.4 Å². The van der Waals surface area contributed by atoms with Gasteiger partial charge in [-0.25, -0.2) is 4.68 Å². The van der Waals surface area contributed by atoms with Crippen molar-refractivity contribution < 1.29 is 4.79 Å². The number of carbonyl (C=O) groups is 1. The average Bonchev–Trinajstić information content (AvgIpc) is 3.22. The van der Waals surface area contributed by atoms with E-state index in [1.807, 2.05) is 36.5 Å². The zero-order valence-corrected chi connectivity index (χ0v) is 15.7. The minimum atomic E-state index is 0.0865. The molecule has 0 N–H and O–H groups in total. The summed E-state index contributed by atoms with van der Waals surface area (Å²) in [4.78, 5) is 15.3. The second kappa shape index (κ2) is 7.78. The molecule has 1 aliphatic rings. The first-order valence-corrected chi connectivity index (χ1v) is 9.74. The fourth-order valence-electron chi connectivity index (χ4n) is 3.96. The van der Waals surface area contributed by atoms with Gasteiger partial charge in [0.25, 0.3) is 5.91 Å². The number of benzene rings is 2. The molecule has 0 saturated carbocycles. The van der Waals surface area contributed by atoms with E-state index in [1.54, 1.807) is 10.9 Å². The molecule has 2 aromatic carbocycles. The molecule has 1 atom stereocenters. The number of aryl methyl sites for hydroxylation is 1. The molecule has 3 aromatic rings. The van der Waals surface area contributed by atoms with Crippen LogP contribution in [0.2, 0.25) is 0 Å². The zero-order valence-electron chi connectivity index (χ0n) is 15.7. The molecular weight excluding hydrogens is 334 g/mol. The van der Waals surface area contributed by atoms with E-state index in [0.29, 0.717) is 5.56 Å². The summed E-state index contributed by atoms with van der Waals surface area (Å²) in [5.41, 5.74) is 4.42. The van der Waals surface area contributed by atoms with E-state index in [2.05, 4.69) is 41.2 Å². The Bertz CT molecular complexity index is 916. The molecule has 27 heavy (non-hydrogen) atoms. The van der Waals surface area contributed by atoms with Crippen LogP contribution in [0.5, 0.6) is 0 Å². The van der Waals surface area contributed by atoms with Crippen LogP contribution in [0.15, 0.2) is 67.0 Å². The maximum Gasteiger partial charge on any atom is 0.257 e. The van der Waals surface area contributed by atoms with Crippen LogP contribution in [0.4, 0.5) is 0 Å². The number of fused-ring (bicyclic) bond motifs is 1. The minimum Gasteiger partial charge on any atom is -0.335 e. The Hall–Kier alpha value is -2.88. The van der Waals surface area contributed by atoms with Gasteiger partial charge in [-0.15, -0.1) is 0 Å². The van der Waals surface area contributed by atoms with Gasteiger partial charge in [-0.05, 0) is 48.9 Å². The number of hydrogen-bond donors (Lipinski definition) is 0. The van der Waals surface area contributed by atoms with Crippen LogP contribution < -0.4 is 0 Å². The lowest BCUT2D eigenvalue weighted by molar-refractivity contribution is 0.0661. The number of para-hydroxylation sites is 1. The highest BCUT2D eigenvalue weighted by Crippen LogP contribution is 2.26. The maximum absolute atomic E-state index is 13.3. The average molecular weight is 359 g/mol. The molecular formula is C23H25N3O. The summed E-state index contributed by atoms with van der Waals surface area (Å²) in [5, 5.41) is 4.40. The third-order valence-electron chi connectivity index (χ3n) is 5.34. The molecule has 0 spiro atoms. The smallest absolute Gasteiger partial charge is 0.257 e. The van der Waals surface area contributed by atoms with Crippen molar-refractivity contribution in [2.24, 2.45) is 0 Å². The quantitative estimate of drug-likeness (QED) is 0.682. The topological polar surface area (TPSA) is 38.1 Å². The van der Waals surface area contributed by atoms with E-state index in [0.717, 1.165) is 37.9 Å². The Balaban J connectivity index is 1.56. The maximum atomic E-state index is 13.3. The molecule has 4 nitrogen and oxygen atoms in total. The summed E-state index contributed by atoms with van der Waals surface area (Å²) in [6.07, 6.45) is 7.49. The van der Waals surface area contributed by atoms with Gasteiger partial charge in [0.1, 0.15) is 0 Å². The lowest BCUT2D eigenvalue weighted by atomic mass is 9.87. The summed E-state index contributed by atoms with van der Waals surface area (Å²) in [6, 6.07) is 18.8. The Morgan fingerprint density at radius 2 is 1.85 bits per heavy atom. The minimum absolute atomic E-state index is 0.0865. The van der Waals surface area contributed by atoms with Gasteiger partial charge in [0, 0.05) is 18.8 Å². The molecule has 0 radical (unpaired) electrons. The lowest BCUT2D eigenvalue weighted by Crippen LogP contribution is -2.43. The lowest BCUT2D eigenvalue weighted by Gasteiger charge is -2.35. The highest BCUT2D eigenvalue weighted by molar-refractivity contribution is 5.94. The summed E-state index contributed by atoms with van der Waals surface area (Å²) in [5.74, 6) is 0.0865. The number of amides is 1. The molecule has 138 valence electrons. The van der Waals surface area contributed by atoms with Crippen LogP contribution in [-0.4, -0.2) is 33.2 Å². The van der Waals surface area contributed by atoms with Gasteiger partial charge in [0.2, 0.25) is 0 Å². The Morgan fingerprint density at radius 3 is 2.63 bits per heavy atom. The van der Waals surface area contributed by atoms with Crippen LogP contribution in [0.25, 0.3) is 5.69 Å². The number of carbonyl (C=O) groups excluding carboxylic acids is 1. The van der Waals surface area contributed by atoms with Gasteiger partial charge >= 0.3 is 0 Å². The van der Waals surface area contributed by atoms with Crippen LogP contribution in [-0.2, 0) is 12.8 Å². The molecule has 1 aromatic heterocycles. The summed E-state index contributed by atoms with van der Waals surface area (Å²) < 4.78 is 1.77. The molecule has 0 bridgehead atoms. The molecule has 1 amide bonds. The van der Waals surface area contributed by atoms with E-state index in [4.69, 9.17) is 0 Å². The van der Waals surface area contributed by atoms with E-state index in [9.17, 15) is 4.79 Å². The fourth-order valence-corrected chi connectivity index (χ4v) is 3.96. The number of aromatic nitrogens is 2. The van der Waals surface area contributed by atoms with Gasteiger partial charge in [0.15, 0.2) is 0 Å². The largest absolute Gasteiger partial charge is 0.335 e. The normalized spacial score (nSPS) is 16.0. The van der Waals surface area contributed by atoms with Crippen molar-refractivity contribution in [3.63, 3.8) is 0 Å². The third-order valence-corrected chi connectivity index (χ3v) is 5.34. The van der Waals surface area contributed by atoms with Crippen molar-refractivity contribution in [3.8, 4) is 5.69 Å². The SMILES string of the molecule is CCCN(C(=O)c1cnn(-c2ccccc2)c1)C1CCc2ccccc2C1. The van der Waals surface area contributed by atoms with Crippen molar-refractivity contribution in [2.45, 2.75) is 38.6 Å². The Morgan fingerprint density at radius 1 is 1.11 bits per heavy atom. The van der Waals surface area contributed by atoms with E-state index >= 15 is 0 Å². The first-order chi connectivity index (χ1) is 13.3. The third kappa shape index (κ3) is 3.65. The molecule has 4 heteroatoms. The number of rotatable bonds is 5. The van der Waals surface area contributed by atoms with Crippen LogP contribution in [0.3, 0.4) is 0 Å². The zero-order chi connectivity index (χ0) is 18.6. The number of hydrogen-bond acceptors (Lipinski definition) is 2. The second-order valence-electron chi connectivity index (χ2n) is 7.17. The van der Waals surface area contributed by atoms with Crippen molar-refractivity contribution >= 4 is 5.91 Å². The van der Waals surface area contributed by atoms with Gasteiger partial charge in [-0.3, -0.25) is 4.79 Å². The molecule has 0 aliphatic heterocycles. The van der Waals surface area contributed by atoms with E-state index < -0.39 is 0 Å². The summed E-state index contributed by atoms with van der Waals surface area (Å²) >= 11 is 0. The Labute approximate surface area is 160 Å². The van der Waals surface area contributed by atoms with Crippen molar-refractivity contribution in [2.75, 3.05) is 6.54 Å². The second-order valence-corrected chi connectivity index (χ2v) is 7.17. The van der Waals surface area contributed by atoms with Crippen molar-refractivity contribution in [1.82, 2.24) is 14.7 Å². The number of nitrogens with zero attached hydrogens (tertiary/aromatic N) is 3. The van der Waals surface area contributed by atoms with E-state index in [-0.39, 0.29) is 11.9 Å². The first kappa shape index (κ1) is 17.5. The molecule has 1 unspecified atom stereocenters. The summed E-state index contributed by atoms with van der Waals surface area (Å²) in [6.45, 7) is 2.91. The first-order valence-electron chi connectivity index (χ1n) is 9.74. The molecule has 1 aliphatic carbocycles. The highest BCUT2D eigenvalue weighted by Gasteiger charge is 2.28. The Kier molecular flexibility index (Phi) is 5.05.